The summed E-state index contributed by atoms with van der Waals surface area (Å²) in [5.74, 6) is -0.219. The minimum atomic E-state index is -0.448. The molecule has 0 bridgehead atoms. The number of rotatable bonds is 3. The zero-order valence-electron chi connectivity index (χ0n) is 17.5. The number of benzene rings is 1. The van der Waals surface area contributed by atoms with Gasteiger partial charge in [-0.15, -0.1) is 0 Å². The van der Waals surface area contributed by atoms with E-state index >= 15 is 0 Å². The number of amides is 1. The zero-order valence-corrected chi connectivity index (χ0v) is 17.5. The summed E-state index contributed by atoms with van der Waals surface area (Å²) in [5, 5.41) is 0. The summed E-state index contributed by atoms with van der Waals surface area (Å²) in [4.78, 5) is 28.0. The molecule has 28 heavy (non-hydrogen) atoms. The number of anilines is 1. The Balaban J connectivity index is 1.53. The van der Waals surface area contributed by atoms with Gasteiger partial charge in [0.1, 0.15) is 5.60 Å². The van der Waals surface area contributed by atoms with Crippen LogP contribution < -0.4 is 4.90 Å². The van der Waals surface area contributed by atoms with Gasteiger partial charge in [0.15, 0.2) is 0 Å². The van der Waals surface area contributed by atoms with Crippen molar-refractivity contribution in [3.05, 3.63) is 29.8 Å². The minimum Gasteiger partial charge on any atom is -0.469 e. The lowest BCUT2D eigenvalue weighted by molar-refractivity contribution is -0.139. The van der Waals surface area contributed by atoms with Crippen molar-refractivity contribution in [1.29, 1.82) is 0 Å². The largest absolute Gasteiger partial charge is 0.469 e. The average Bonchev–Trinajstić information content (AvgIpc) is 3.05. The molecule has 0 aromatic heterocycles. The number of hydrogen-bond acceptors (Lipinski definition) is 5. The third kappa shape index (κ3) is 4.97. The summed E-state index contributed by atoms with van der Waals surface area (Å²) >= 11 is 0. The third-order valence-corrected chi connectivity index (χ3v) is 5.79. The molecule has 0 aliphatic carbocycles. The van der Waals surface area contributed by atoms with Gasteiger partial charge in [-0.2, -0.15) is 0 Å². The van der Waals surface area contributed by atoms with Gasteiger partial charge in [0, 0.05) is 31.9 Å². The second-order valence-corrected chi connectivity index (χ2v) is 9.06. The Morgan fingerprint density at radius 3 is 2.21 bits per heavy atom. The lowest BCUT2D eigenvalue weighted by Gasteiger charge is -2.40. The highest BCUT2D eigenvalue weighted by molar-refractivity contribution is 5.72. The monoisotopic (exact) mass is 388 g/mol. The van der Waals surface area contributed by atoms with Gasteiger partial charge in [0.2, 0.25) is 0 Å². The summed E-state index contributed by atoms with van der Waals surface area (Å²) in [6, 6.07) is 8.16. The Kier molecular flexibility index (Phi) is 5.87. The second kappa shape index (κ2) is 8.02. The number of hydrogen-bond donors (Lipinski definition) is 0. The fourth-order valence-corrected chi connectivity index (χ4v) is 4.13. The summed E-state index contributed by atoms with van der Waals surface area (Å²) in [6.07, 6.45) is 3.33. The quantitative estimate of drug-likeness (QED) is 0.740. The van der Waals surface area contributed by atoms with Crippen molar-refractivity contribution < 1.29 is 19.1 Å². The Morgan fingerprint density at radius 2 is 1.64 bits per heavy atom. The normalized spacial score (nSPS) is 19.0. The summed E-state index contributed by atoms with van der Waals surface area (Å²) < 4.78 is 10.3. The lowest BCUT2D eigenvalue weighted by atomic mass is 9.77. The van der Waals surface area contributed by atoms with Crippen molar-refractivity contribution >= 4 is 17.7 Å². The third-order valence-electron chi connectivity index (χ3n) is 5.79. The van der Waals surface area contributed by atoms with E-state index in [9.17, 15) is 9.59 Å². The Morgan fingerprint density at radius 1 is 1.04 bits per heavy atom. The van der Waals surface area contributed by atoms with Gasteiger partial charge < -0.3 is 19.3 Å². The van der Waals surface area contributed by atoms with Crippen LogP contribution >= 0.6 is 0 Å². The standard InChI is InChI=1S/C22H32N2O4/c1-21(2,3)28-20(26)24-14-11-22(16-24)9-12-23(13-10-22)18-7-5-17(6-8-18)15-19(25)27-4/h5-8H,9-16H2,1-4H3. The molecule has 0 unspecified atom stereocenters. The number of methoxy groups -OCH3 is 1. The van der Waals surface area contributed by atoms with Crippen LogP contribution in [0, 0.1) is 5.41 Å². The first-order chi connectivity index (χ1) is 13.2. The summed E-state index contributed by atoms with van der Waals surface area (Å²) in [6.45, 7) is 9.28. The van der Waals surface area contributed by atoms with Crippen molar-refractivity contribution in [2.75, 3.05) is 38.2 Å². The smallest absolute Gasteiger partial charge is 0.410 e. The molecule has 1 spiro atoms. The Hall–Kier alpha value is -2.24. The number of ether oxygens (including phenoxy) is 2. The molecule has 6 nitrogen and oxygen atoms in total. The molecular weight excluding hydrogens is 356 g/mol. The predicted molar refractivity (Wildman–Crippen MR) is 108 cm³/mol. The first-order valence-corrected chi connectivity index (χ1v) is 10.1. The molecule has 3 rings (SSSR count). The van der Waals surface area contributed by atoms with Crippen LogP contribution in [0.1, 0.15) is 45.6 Å². The van der Waals surface area contributed by atoms with E-state index in [1.807, 2.05) is 37.8 Å². The molecule has 2 saturated heterocycles. The van der Waals surface area contributed by atoms with Crippen LogP contribution in [-0.2, 0) is 20.7 Å². The van der Waals surface area contributed by atoms with E-state index in [4.69, 9.17) is 9.47 Å². The van der Waals surface area contributed by atoms with E-state index in [0.29, 0.717) is 6.42 Å². The highest BCUT2D eigenvalue weighted by atomic mass is 16.6. The highest BCUT2D eigenvalue weighted by Gasteiger charge is 2.43. The Labute approximate surface area is 167 Å². The number of likely N-dealkylation sites (tertiary alicyclic amines) is 1. The van der Waals surface area contributed by atoms with Gasteiger partial charge in [-0.3, -0.25) is 4.79 Å². The van der Waals surface area contributed by atoms with Crippen LogP contribution in [0.25, 0.3) is 0 Å². The highest BCUT2D eigenvalue weighted by Crippen LogP contribution is 2.41. The van der Waals surface area contributed by atoms with Crippen molar-refractivity contribution in [2.45, 2.75) is 52.1 Å². The molecule has 0 N–H and O–H groups in total. The van der Waals surface area contributed by atoms with E-state index in [1.165, 1.54) is 12.8 Å². The van der Waals surface area contributed by atoms with Gasteiger partial charge in [-0.25, -0.2) is 4.79 Å². The summed E-state index contributed by atoms with van der Waals surface area (Å²) in [7, 11) is 1.41. The predicted octanol–water partition coefficient (Wildman–Crippen LogP) is 3.63. The average molecular weight is 389 g/mol. The van der Waals surface area contributed by atoms with E-state index < -0.39 is 5.60 Å². The number of piperidine rings is 1. The number of carbonyl (C=O) groups excluding carboxylic acids is 2. The SMILES string of the molecule is COC(=O)Cc1ccc(N2CCC3(CCN(C(=O)OC(C)(C)C)C3)CC2)cc1. The van der Waals surface area contributed by atoms with Crippen LogP contribution in [-0.4, -0.2) is 55.9 Å². The van der Waals surface area contributed by atoms with Crippen LogP contribution in [0.5, 0.6) is 0 Å². The molecule has 0 saturated carbocycles. The molecule has 0 atom stereocenters. The maximum atomic E-state index is 12.4. The van der Waals surface area contributed by atoms with Crippen molar-refractivity contribution in [3.63, 3.8) is 0 Å². The number of nitrogens with zero attached hydrogens (tertiary/aromatic N) is 2. The molecular formula is C22H32N2O4. The van der Waals surface area contributed by atoms with Gasteiger partial charge in [-0.05, 0) is 63.1 Å². The lowest BCUT2D eigenvalue weighted by Crippen LogP contribution is -2.43. The van der Waals surface area contributed by atoms with Crippen LogP contribution in [0.15, 0.2) is 24.3 Å². The fraction of sp³-hybridized carbons (Fsp3) is 0.636. The first kappa shape index (κ1) is 20.5. The summed E-state index contributed by atoms with van der Waals surface area (Å²) in [5.41, 5.74) is 1.92. The molecule has 2 aliphatic heterocycles. The number of esters is 1. The van der Waals surface area contributed by atoms with Crippen LogP contribution in [0.4, 0.5) is 10.5 Å². The fourth-order valence-electron chi connectivity index (χ4n) is 4.13. The molecule has 1 aromatic carbocycles. The van der Waals surface area contributed by atoms with Gasteiger partial charge >= 0.3 is 12.1 Å². The number of carbonyl (C=O) groups is 2. The molecule has 2 fully saturated rings. The van der Waals surface area contributed by atoms with E-state index in [1.54, 1.807) is 0 Å². The molecule has 0 radical (unpaired) electrons. The minimum absolute atomic E-state index is 0.187. The van der Waals surface area contributed by atoms with Crippen LogP contribution in [0.2, 0.25) is 0 Å². The molecule has 1 amide bonds. The first-order valence-electron chi connectivity index (χ1n) is 10.1. The zero-order chi connectivity index (χ0) is 20.4. The van der Waals surface area contributed by atoms with Crippen LogP contribution in [0.3, 0.4) is 0 Å². The van der Waals surface area contributed by atoms with E-state index in [2.05, 4.69) is 17.0 Å². The van der Waals surface area contributed by atoms with Crippen molar-refractivity contribution in [3.8, 4) is 0 Å². The van der Waals surface area contributed by atoms with E-state index in [0.717, 1.165) is 51.0 Å². The second-order valence-electron chi connectivity index (χ2n) is 9.06. The molecule has 2 heterocycles. The molecule has 2 aliphatic rings. The van der Waals surface area contributed by atoms with Crippen molar-refractivity contribution in [1.82, 2.24) is 4.90 Å². The topological polar surface area (TPSA) is 59.1 Å². The Bertz CT molecular complexity index is 700. The maximum absolute atomic E-state index is 12.4. The maximum Gasteiger partial charge on any atom is 0.410 e. The van der Waals surface area contributed by atoms with E-state index in [-0.39, 0.29) is 17.5 Å². The van der Waals surface area contributed by atoms with Gasteiger partial charge in [-0.1, -0.05) is 12.1 Å². The molecule has 154 valence electrons. The van der Waals surface area contributed by atoms with Gasteiger partial charge in [0.05, 0.1) is 13.5 Å². The van der Waals surface area contributed by atoms with Gasteiger partial charge in [0.25, 0.3) is 0 Å². The molecule has 6 heteroatoms. The van der Waals surface area contributed by atoms with Crippen molar-refractivity contribution in [2.24, 2.45) is 5.41 Å². The molecule has 1 aromatic rings.